The Kier molecular flexibility index (Phi) is 4.23. The third-order valence-electron chi connectivity index (χ3n) is 3.67. The minimum Gasteiger partial charge on any atom is -0.353 e. The molecule has 1 saturated carbocycles. The van der Waals surface area contributed by atoms with Crippen molar-refractivity contribution in [1.29, 1.82) is 0 Å². The van der Waals surface area contributed by atoms with Crippen LogP contribution in [0, 0.1) is 5.92 Å². The van der Waals surface area contributed by atoms with Crippen molar-refractivity contribution in [1.82, 2.24) is 15.5 Å². The first-order valence-corrected chi connectivity index (χ1v) is 6.66. The summed E-state index contributed by atoms with van der Waals surface area (Å²) in [5, 5.41) is 6.48. The van der Waals surface area contributed by atoms with Crippen LogP contribution in [0.2, 0.25) is 0 Å². The third-order valence-corrected chi connectivity index (χ3v) is 3.67. The zero-order valence-corrected chi connectivity index (χ0v) is 11.3. The molecule has 0 aromatic heterocycles. The first-order chi connectivity index (χ1) is 8.87. The lowest BCUT2D eigenvalue weighted by molar-refractivity contribution is -0.143. The first-order valence-electron chi connectivity index (χ1n) is 6.66. The number of guanidine groups is 1. The summed E-state index contributed by atoms with van der Waals surface area (Å²) >= 11 is 0. The number of rotatable bonds is 3. The molecule has 2 rings (SSSR count). The van der Waals surface area contributed by atoms with Gasteiger partial charge in [0.2, 0.25) is 0 Å². The van der Waals surface area contributed by atoms with Gasteiger partial charge in [-0.2, -0.15) is 13.2 Å². The highest BCUT2D eigenvalue weighted by Gasteiger charge is 2.36. The average Bonchev–Trinajstić information content (AvgIpc) is 2.80. The molecule has 0 spiro atoms. The maximum atomic E-state index is 12.3. The Bertz CT molecular complexity index is 342. The summed E-state index contributed by atoms with van der Waals surface area (Å²) in [7, 11) is 1.69. The normalized spacial score (nSPS) is 32.5. The molecule has 19 heavy (non-hydrogen) atoms. The zero-order valence-electron chi connectivity index (χ0n) is 11.3. The number of halogens is 3. The molecule has 0 radical (unpaired) electrons. The van der Waals surface area contributed by atoms with Gasteiger partial charge in [-0.3, -0.25) is 9.89 Å². The van der Waals surface area contributed by atoms with Gasteiger partial charge in [0.25, 0.3) is 0 Å². The van der Waals surface area contributed by atoms with Gasteiger partial charge < -0.3 is 10.6 Å². The summed E-state index contributed by atoms with van der Waals surface area (Å²) < 4.78 is 36.9. The molecule has 2 N–H and O–H groups in total. The topological polar surface area (TPSA) is 39.7 Å². The van der Waals surface area contributed by atoms with E-state index in [4.69, 9.17) is 0 Å². The lowest BCUT2D eigenvalue weighted by Crippen LogP contribution is -2.46. The van der Waals surface area contributed by atoms with Crippen molar-refractivity contribution in [2.75, 3.05) is 26.7 Å². The highest BCUT2D eigenvalue weighted by molar-refractivity contribution is 5.80. The molecule has 7 heteroatoms. The summed E-state index contributed by atoms with van der Waals surface area (Å²) in [6, 6.07) is 0.501. The molecule has 3 unspecified atom stereocenters. The van der Waals surface area contributed by atoms with Gasteiger partial charge in [-0.15, -0.1) is 0 Å². The van der Waals surface area contributed by atoms with Crippen LogP contribution in [0.3, 0.4) is 0 Å². The van der Waals surface area contributed by atoms with Crippen LogP contribution in [0.1, 0.15) is 19.8 Å². The second-order valence-electron chi connectivity index (χ2n) is 5.52. The Morgan fingerprint density at radius 3 is 2.58 bits per heavy atom. The summed E-state index contributed by atoms with van der Waals surface area (Å²) in [5.74, 6) is 1.36. The molecule has 4 nitrogen and oxygen atoms in total. The number of nitrogens with one attached hydrogen (secondary N) is 2. The Morgan fingerprint density at radius 2 is 2.05 bits per heavy atom. The fourth-order valence-electron chi connectivity index (χ4n) is 2.41. The van der Waals surface area contributed by atoms with Crippen molar-refractivity contribution >= 4 is 5.96 Å². The fraction of sp³-hybridized carbons (Fsp3) is 0.917. The van der Waals surface area contributed by atoms with Crippen LogP contribution in [-0.4, -0.2) is 55.8 Å². The molecule has 2 aliphatic rings. The molecule has 2 fully saturated rings. The molecule has 0 bridgehead atoms. The highest BCUT2D eigenvalue weighted by atomic mass is 19.4. The maximum Gasteiger partial charge on any atom is 0.401 e. The minimum atomic E-state index is -4.11. The van der Waals surface area contributed by atoms with Crippen LogP contribution in [0.4, 0.5) is 13.2 Å². The summed E-state index contributed by atoms with van der Waals surface area (Å²) in [4.78, 5) is 5.55. The van der Waals surface area contributed by atoms with Crippen molar-refractivity contribution in [2.24, 2.45) is 10.9 Å². The smallest absolute Gasteiger partial charge is 0.353 e. The fourth-order valence-corrected chi connectivity index (χ4v) is 2.41. The van der Waals surface area contributed by atoms with Crippen LogP contribution in [0.15, 0.2) is 4.99 Å². The van der Waals surface area contributed by atoms with E-state index in [-0.39, 0.29) is 6.04 Å². The SMILES string of the molecule is CN=C(NC1CCN(CC(F)(F)F)C1)NC1CC1C. The molecule has 0 aromatic rings. The van der Waals surface area contributed by atoms with E-state index in [2.05, 4.69) is 22.5 Å². The number of alkyl halides is 3. The molecule has 3 atom stereocenters. The number of hydrogen-bond donors (Lipinski definition) is 2. The van der Waals surface area contributed by atoms with Gasteiger partial charge in [0, 0.05) is 32.2 Å². The monoisotopic (exact) mass is 278 g/mol. The average molecular weight is 278 g/mol. The van der Waals surface area contributed by atoms with Crippen LogP contribution in [-0.2, 0) is 0 Å². The molecule has 0 amide bonds. The van der Waals surface area contributed by atoms with Crippen LogP contribution >= 0.6 is 0 Å². The van der Waals surface area contributed by atoms with E-state index in [1.54, 1.807) is 7.05 Å². The predicted octanol–water partition coefficient (Wildman–Crippen LogP) is 1.20. The first kappa shape index (κ1) is 14.4. The number of nitrogens with zero attached hydrogens (tertiary/aromatic N) is 2. The molecule has 1 heterocycles. The minimum absolute atomic E-state index is 0.0441. The molecule has 1 saturated heterocycles. The second kappa shape index (κ2) is 5.56. The van der Waals surface area contributed by atoms with Crippen molar-refractivity contribution < 1.29 is 13.2 Å². The highest BCUT2D eigenvalue weighted by Crippen LogP contribution is 2.28. The van der Waals surface area contributed by atoms with E-state index in [1.165, 1.54) is 4.90 Å². The van der Waals surface area contributed by atoms with E-state index < -0.39 is 12.7 Å². The summed E-state index contributed by atoms with van der Waals surface area (Å²) in [6.07, 6.45) is -2.26. The molecule has 110 valence electrons. The predicted molar refractivity (Wildman–Crippen MR) is 68.1 cm³/mol. The standard InChI is InChI=1S/C12H21F3N4/c1-8-5-10(8)18-11(16-2)17-9-3-4-19(6-9)7-12(13,14)15/h8-10H,3-7H2,1-2H3,(H2,16,17,18). The molecule has 1 aliphatic heterocycles. The third kappa shape index (κ3) is 4.56. The van der Waals surface area contributed by atoms with Crippen LogP contribution < -0.4 is 10.6 Å². The van der Waals surface area contributed by atoms with E-state index in [0.29, 0.717) is 31.0 Å². The lowest BCUT2D eigenvalue weighted by Gasteiger charge is -2.19. The van der Waals surface area contributed by atoms with Crippen molar-refractivity contribution in [2.45, 2.75) is 38.0 Å². The lowest BCUT2D eigenvalue weighted by atomic mass is 10.3. The zero-order chi connectivity index (χ0) is 14.0. The van der Waals surface area contributed by atoms with Crippen molar-refractivity contribution in [3.63, 3.8) is 0 Å². The molecular weight excluding hydrogens is 257 g/mol. The number of aliphatic imine (C=N–C) groups is 1. The number of hydrogen-bond acceptors (Lipinski definition) is 2. The van der Waals surface area contributed by atoms with Gasteiger partial charge >= 0.3 is 6.18 Å². The Labute approximate surface area is 111 Å². The van der Waals surface area contributed by atoms with Gasteiger partial charge in [-0.25, -0.2) is 0 Å². The van der Waals surface area contributed by atoms with E-state index in [0.717, 1.165) is 12.8 Å². The van der Waals surface area contributed by atoms with Gasteiger partial charge in [0.1, 0.15) is 0 Å². The van der Waals surface area contributed by atoms with Gasteiger partial charge in [0.05, 0.1) is 6.54 Å². The van der Waals surface area contributed by atoms with Crippen molar-refractivity contribution in [3.05, 3.63) is 0 Å². The van der Waals surface area contributed by atoms with E-state index in [9.17, 15) is 13.2 Å². The second-order valence-corrected chi connectivity index (χ2v) is 5.52. The maximum absolute atomic E-state index is 12.3. The molecule has 1 aliphatic carbocycles. The number of likely N-dealkylation sites (tertiary alicyclic amines) is 1. The summed E-state index contributed by atoms with van der Waals surface area (Å²) in [5.41, 5.74) is 0. The quantitative estimate of drug-likeness (QED) is 0.602. The van der Waals surface area contributed by atoms with Gasteiger partial charge in [0.15, 0.2) is 5.96 Å². The largest absolute Gasteiger partial charge is 0.401 e. The van der Waals surface area contributed by atoms with Crippen LogP contribution in [0.5, 0.6) is 0 Å². The summed E-state index contributed by atoms with van der Waals surface area (Å²) in [6.45, 7) is 2.23. The Hall–Kier alpha value is -0.980. The van der Waals surface area contributed by atoms with Gasteiger partial charge in [-0.05, 0) is 18.8 Å². The van der Waals surface area contributed by atoms with Gasteiger partial charge in [-0.1, -0.05) is 6.92 Å². The molecule has 0 aromatic carbocycles. The van der Waals surface area contributed by atoms with Crippen molar-refractivity contribution in [3.8, 4) is 0 Å². The van der Waals surface area contributed by atoms with Crippen LogP contribution in [0.25, 0.3) is 0 Å². The molecular formula is C12H21F3N4. The Balaban J connectivity index is 1.74. The Morgan fingerprint density at radius 1 is 1.37 bits per heavy atom. The van der Waals surface area contributed by atoms with E-state index in [1.807, 2.05) is 0 Å². The van der Waals surface area contributed by atoms with E-state index >= 15 is 0 Å².